The standard InChI is InChI=1S/C18H20FN3O5S/c1-13(19)10-17(18(23)21-24)22(12-14-4-3-9-20-11-14)28(25,26)16-7-5-15(27-2)6-8-16/h3-9,11,17,24H,1,10,12H2,2H3,(H,21,23)/t17-/m0/s1. The summed E-state index contributed by atoms with van der Waals surface area (Å²) in [5.41, 5.74) is 1.86. The molecule has 1 amide bonds. The molecule has 8 nitrogen and oxygen atoms in total. The predicted molar refractivity (Wildman–Crippen MR) is 98.5 cm³/mol. The molecule has 0 aliphatic heterocycles. The first-order valence-electron chi connectivity index (χ1n) is 8.11. The molecule has 2 N–H and O–H groups in total. The molecule has 0 saturated heterocycles. The van der Waals surface area contributed by atoms with Crippen molar-refractivity contribution in [1.29, 1.82) is 0 Å². The lowest BCUT2D eigenvalue weighted by Gasteiger charge is -2.29. The van der Waals surface area contributed by atoms with E-state index in [2.05, 4.69) is 11.6 Å². The number of sulfonamides is 1. The zero-order chi connectivity index (χ0) is 20.7. The van der Waals surface area contributed by atoms with Gasteiger partial charge in [-0.25, -0.2) is 18.3 Å². The van der Waals surface area contributed by atoms with Gasteiger partial charge in [0.15, 0.2) is 0 Å². The van der Waals surface area contributed by atoms with Crippen LogP contribution in [0.25, 0.3) is 0 Å². The number of benzene rings is 1. The van der Waals surface area contributed by atoms with Crippen LogP contribution in [0.4, 0.5) is 4.39 Å². The normalized spacial score (nSPS) is 12.4. The number of rotatable bonds is 9. The Morgan fingerprint density at radius 2 is 2.04 bits per heavy atom. The van der Waals surface area contributed by atoms with Gasteiger partial charge in [0.2, 0.25) is 10.0 Å². The first-order valence-corrected chi connectivity index (χ1v) is 9.55. The number of nitrogens with zero attached hydrogens (tertiary/aromatic N) is 2. The Hall–Kier alpha value is -2.82. The van der Waals surface area contributed by atoms with Crippen molar-refractivity contribution in [3.8, 4) is 5.75 Å². The number of ether oxygens (including phenoxy) is 1. The Bertz CT molecular complexity index is 920. The van der Waals surface area contributed by atoms with Gasteiger partial charge in [-0.05, 0) is 35.9 Å². The van der Waals surface area contributed by atoms with Crippen LogP contribution in [0.2, 0.25) is 0 Å². The van der Waals surface area contributed by atoms with Crippen LogP contribution in [0.5, 0.6) is 5.75 Å². The summed E-state index contributed by atoms with van der Waals surface area (Å²) in [6.45, 7) is 2.83. The average Bonchev–Trinajstić information content (AvgIpc) is 2.70. The molecule has 10 heteroatoms. The Balaban J connectivity index is 2.53. The van der Waals surface area contributed by atoms with E-state index in [0.717, 1.165) is 4.31 Å². The Morgan fingerprint density at radius 3 is 2.54 bits per heavy atom. The Kier molecular flexibility index (Phi) is 7.21. The highest BCUT2D eigenvalue weighted by atomic mass is 32.2. The van der Waals surface area contributed by atoms with Gasteiger partial charge in [0.05, 0.1) is 17.8 Å². The molecule has 1 heterocycles. The summed E-state index contributed by atoms with van der Waals surface area (Å²) in [7, 11) is -2.82. The number of amides is 1. The molecule has 0 spiro atoms. The van der Waals surface area contributed by atoms with Crippen LogP contribution in [-0.4, -0.2) is 42.0 Å². The molecular formula is C18H20FN3O5S. The lowest BCUT2D eigenvalue weighted by molar-refractivity contribution is -0.133. The maximum atomic E-state index is 13.5. The van der Waals surface area contributed by atoms with Gasteiger partial charge in [0.1, 0.15) is 11.8 Å². The first-order chi connectivity index (χ1) is 13.3. The Morgan fingerprint density at radius 1 is 1.36 bits per heavy atom. The number of methoxy groups -OCH3 is 1. The summed E-state index contributed by atoms with van der Waals surface area (Å²) < 4.78 is 45.8. The highest BCUT2D eigenvalue weighted by Crippen LogP contribution is 2.26. The third kappa shape index (κ3) is 5.12. The summed E-state index contributed by atoms with van der Waals surface area (Å²) in [6.07, 6.45) is 2.31. The van der Waals surface area contributed by atoms with Crippen LogP contribution in [0.3, 0.4) is 0 Å². The van der Waals surface area contributed by atoms with Gasteiger partial charge >= 0.3 is 0 Å². The number of nitrogens with one attached hydrogen (secondary N) is 1. The molecule has 0 aliphatic carbocycles. The topological polar surface area (TPSA) is 109 Å². The smallest absolute Gasteiger partial charge is 0.262 e. The van der Waals surface area contributed by atoms with Crippen molar-refractivity contribution in [3.63, 3.8) is 0 Å². The molecule has 0 saturated carbocycles. The second kappa shape index (κ2) is 9.40. The number of carbonyl (C=O) groups excluding carboxylic acids is 1. The molecule has 1 atom stereocenters. The summed E-state index contributed by atoms with van der Waals surface area (Å²) in [5, 5.41) is 9.04. The first kappa shape index (κ1) is 21.5. The number of aromatic nitrogens is 1. The van der Waals surface area contributed by atoms with Gasteiger partial charge in [0, 0.05) is 25.4 Å². The quantitative estimate of drug-likeness (QED) is 0.485. The number of hydroxylamine groups is 1. The van der Waals surface area contributed by atoms with Gasteiger partial charge < -0.3 is 4.74 Å². The predicted octanol–water partition coefficient (Wildman–Crippen LogP) is 2.03. The molecule has 0 bridgehead atoms. The van der Waals surface area contributed by atoms with Crippen LogP contribution in [0.15, 0.2) is 66.1 Å². The third-order valence-corrected chi connectivity index (χ3v) is 5.77. The van der Waals surface area contributed by atoms with Crippen LogP contribution in [0, 0.1) is 0 Å². The van der Waals surface area contributed by atoms with Crippen molar-refractivity contribution in [2.75, 3.05) is 7.11 Å². The zero-order valence-corrected chi connectivity index (χ0v) is 15.9. The van der Waals surface area contributed by atoms with Gasteiger partial charge in [-0.3, -0.25) is 15.0 Å². The Labute approximate surface area is 162 Å². The molecule has 2 aromatic rings. The zero-order valence-electron chi connectivity index (χ0n) is 15.1. The van der Waals surface area contributed by atoms with Crippen LogP contribution in [0.1, 0.15) is 12.0 Å². The number of hydrogen-bond donors (Lipinski definition) is 2. The minimum absolute atomic E-state index is 0.127. The van der Waals surface area contributed by atoms with E-state index in [1.807, 2.05) is 0 Å². The molecule has 0 radical (unpaired) electrons. The fourth-order valence-electron chi connectivity index (χ4n) is 2.53. The highest BCUT2D eigenvalue weighted by Gasteiger charge is 2.36. The van der Waals surface area contributed by atoms with Gasteiger partial charge in [0.25, 0.3) is 5.91 Å². The van der Waals surface area contributed by atoms with E-state index in [1.54, 1.807) is 12.1 Å². The van der Waals surface area contributed by atoms with Gasteiger partial charge in [-0.2, -0.15) is 4.31 Å². The van der Waals surface area contributed by atoms with Crippen molar-refractivity contribution < 1.29 is 27.5 Å². The fourth-order valence-corrected chi connectivity index (χ4v) is 4.10. The number of pyridine rings is 1. The van der Waals surface area contributed by atoms with Crippen LogP contribution in [-0.2, 0) is 21.4 Å². The van der Waals surface area contributed by atoms with Crippen molar-refractivity contribution >= 4 is 15.9 Å². The molecule has 2 rings (SSSR count). The van der Waals surface area contributed by atoms with Crippen molar-refractivity contribution in [3.05, 3.63) is 66.8 Å². The second-order valence-corrected chi connectivity index (χ2v) is 7.69. The van der Waals surface area contributed by atoms with Crippen molar-refractivity contribution in [2.24, 2.45) is 0 Å². The summed E-state index contributed by atoms with van der Waals surface area (Å²) in [4.78, 5) is 15.9. The monoisotopic (exact) mass is 409 g/mol. The molecular weight excluding hydrogens is 389 g/mol. The average molecular weight is 409 g/mol. The van der Waals surface area contributed by atoms with Gasteiger partial charge in [-0.15, -0.1) is 0 Å². The maximum absolute atomic E-state index is 13.5. The minimum atomic E-state index is -4.25. The highest BCUT2D eigenvalue weighted by molar-refractivity contribution is 7.89. The third-order valence-electron chi connectivity index (χ3n) is 3.90. The largest absolute Gasteiger partial charge is 0.497 e. The van der Waals surface area contributed by atoms with Gasteiger partial charge in [-0.1, -0.05) is 12.6 Å². The molecule has 1 aromatic carbocycles. The van der Waals surface area contributed by atoms with Crippen LogP contribution < -0.4 is 10.2 Å². The fraction of sp³-hybridized carbons (Fsp3) is 0.222. The van der Waals surface area contributed by atoms with E-state index in [-0.39, 0.29) is 11.4 Å². The SMILES string of the molecule is C=C(F)C[C@@H](C(=O)NO)N(Cc1cccnc1)S(=O)(=O)c1ccc(OC)cc1. The van der Waals surface area contributed by atoms with E-state index >= 15 is 0 Å². The van der Waals surface area contributed by atoms with Crippen LogP contribution >= 0.6 is 0 Å². The molecule has 0 unspecified atom stereocenters. The molecule has 28 heavy (non-hydrogen) atoms. The number of halogens is 1. The number of hydrogen-bond acceptors (Lipinski definition) is 6. The lowest BCUT2D eigenvalue weighted by Crippen LogP contribution is -2.48. The van der Waals surface area contributed by atoms with E-state index in [9.17, 15) is 17.6 Å². The van der Waals surface area contributed by atoms with E-state index in [1.165, 1.54) is 49.2 Å². The minimum Gasteiger partial charge on any atom is -0.497 e. The lowest BCUT2D eigenvalue weighted by atomic mass is 10.1. The summed E-state index contributed by atoms with van der Waals surface area (Å²) >= 11 is 0. The van der Waals surface area contributed by atoms with E-state index in [4.69, 9.17) is 9.94 Å². The molecule has 1 aromatic heterocycles. The second-order valence-electron chi connectivity index (χ2n) is 5.80. The van der Waals surface area contributed by atoms with E-state index < -0.39 is 34.2 Å². The number of carbonyl (C=O) groups is 1. The van der Waals surface area contributed by atoms with E-state index in [0.29, 0.717) is 11.3 Å². The molecule has 0 fully saturated rings. The molecule has 0 aliphatic rings. The van der Waals surface area contributed by atoms with Crippen molar-refractivity contribution in [2.45, 2.75) is 23.9 Å². The maximum Gasteiger partial charge on any atom is 0.262 e. The summed E-state index contributed by atoms with van der Waals surface area (Å²) in [6, 6.07) is 7.17. The van der Waals surface area contributed by atoms with Crippen molar-refractivity contribution in [1.82, 2.24) is 14.8 Å². The summed E-state index contributed by atoms with van der Waals surface area (Å²) in [5.74, 6) is -1.55. The molecule has 150 valence electrons.